The minimum Gasteiger partial charge on any atom is -0.496 e. The smallest absolute Gasteiger partial charge is 0.133 e. The molecule has 0 aliphatic heterocycles. The first-order valence-electron chi connectivity index (χ1n) is 6.31. The van der Waals surface area contributed by atoms with Gasteiger partial charge in [0.25, 0.3) is 0 Å². The predicted molar refractivity (Wildman–Crippen MR) is 81.4 cm³/mol. The fourth-order valence-electron chi connectivity index (χ4n) is 2.66. The Balaban J connectivity index is 0.00000162. The van der Waals surface area contributed by atoms with E-state index in [9.17, 15) is 0 Å². The molecule has 1 aromatic carbocycles. The van der Waals surface area contributed by atoms with E-state index in [-0.39, 0.29) is 18.4 Å². The number of methoxy groups -OCH3 is 1. The van der Waals surface area contributed by atoms with Crippen LogP contribution in [0.25, 0.3) is 0 Å². The van der Waals surface area contributed by atoms with Crippen molar-refractivity contribution in [1.29, 1.82) is 0 Å². The zero-order valence-corrected chi connectivity index (χ0v) is 13.1. The van der Waals surface area contributed by atoms with E-state index in [1.54, 1.807) is 7.11 Å². The molecule has 1 aromatic rings. The lowest BCUT2D eigenvalue weighted by Gasteiger charge is -2.28. The molecule has 2 rings (SSSR count). The van der Waals surface area contributed by atoms with Gasteiger partial charge in [0.1, 0.15) is 5.75 Å². The molecular formula is C14H21BrClNO. The highest BCUT2D eigenvalue weighted by atomic mass is 79.9. The molecule has 2 N–H and O–H groups in total. The first-order chi connectivity index (χ1) is 8.22. The Morgan fingerprint density at radius 2 is 1.94 bits per heavy atom. The molecule has 0 spiro atoms. The normalized spacial score (nSPS) is 17.9. The van der Waals surface area contributed by atoms with Crippen LogP contribution in [0.3, 0.4) is 0 Å². The molecule has 102 valence electrons. The SMILES string of the molecule is COc1ccc([C@H](N)C2CCCCC2)cc1Br.Cl. The van der Waals surface area contributed by atoms with Gasteiger partial charge in [0.2, 0.25) is 0 Å². The summed E-state index contributed by atoms with van der Waals surface area (Å²) >= 11 is 3.52. The maximum atomic E-state index is 6.37. The number of hydrogen-bond donors (Lipinski definition) is 1. The first-order valence-corrected chi connectivity index (χ1v) is 7.10. The minimum atomic E-state index is 0. The Hall–Kier alpha value is -0.250. The van der Waals surface area contributed by atoms with Gasteiger partial charge in [-0.05, 0) is 52.4 Å². The highest BCUT2D eigenvalue weighted by Gasteiger charge is 2.22. The molecule has 0 heterocycles. The number of rotatable bonds is 3. The lowest BCUT2D eigenvalue weighted by Crippen LogP contribution is -2.23. The van der Waals surface area contributed by atoms with Crippen LogP contribution in [0.4, 0.5) is 0 Å². The average molecular weight is 335 g/mol. The number of hydrogen-bond acceptors (Lipinski definition) is 2. The lowest BCUT2D eigenvalue weighted by atomic mass is 9.81. The monoisotopic (exact) mass is 333 g/mol. The van der Waals surface area contributed by atoms with Gasteiger partial charge in [0.15, 0.2) is 0 Å². The number of benzene rings is 1. The molecule has 0 radical (unpaired) electrons. The molecule has 0 aromatic heterocycles. The molecule has 0 unspecified atom stereocenters. The van der Waals surface area contributed by atoms with Crippen LogP contribution < -0.4 is 10.5 Å². The topological polar surface area (TPSA) is 35.2 Å². The molecule has 18 heavy (non-hydrogen) atoms. The van der Waals surface area contributed by atoms with Gasteiger partial charge >= 0.3 is 0 Å². The first kappa shape index (κ1) is 15.8. The quantitative estimate of drug-likeness (QED) is 0.885. The Morgan fingerprint density at radius 3 is 2.50 bits per heavy atom. The maximum absolute atomic E-state index is 6.37. The summed E-state index contributed by atoms with van der Waals surface area (Å²) in [6, 6.07) is 6.33. The summed E-state index contributed by atoms with van der Waals surface area (Å²) in [4.78, 5) is 0. The second-order valence-electron chi connectivity index (χ2n) is 4.82. The van der Waals surface area contributed by atoms with Gasteiger partial charge in [-0.3, -0.25) is 0 Å². The number of ether oxygens (including phenoxy) is 1. The van der Waals surface area contributed by atoms with Gasteiger partial charge in [-0.15, -0.1) is 12.4 Å². The second-order valence-corrected chi connectivity index (χ2v) is 5.67. The van der Waals surface area contributed by atoms with Crippen LogP contribution >= 0.6 is 28.3 Å². The van der Waals surface area contributed by atoms with E-state index in [1.807, 2.05) is 6.07 Å². The zero-order chi connectivity index (χ0) is 12.3. The minimum absolute atomic E-state index is 0. The fraction of sp³-hybridized carbons (Fsp3) is 0.571. The van der Waals surface area contributed by atoms with Crippen LogP contribution in [0.1, 0.15) is 43.7 Å². The fourth-order valence-corrected chi connectivity index (χ4v) is 3.21. The van der Waals surface area contributed by atoms with Gasteiger partial charge in [0, 0.05) is 6.04 Å². The van der Waals surface area contributed by atoms with Gasteiger partial charge in [0.05, 0.1) is 11.6 Å². The van der Waals surface area contributed by atoms with E-state index >= 15 is 0 Å². The van der Waals surface area contributed by atoms with E-state index in [0.29, 0.717) is 5.92 Å². The lowest BCUT2D eigenvalue weighted by molar-refractivity contribution is 0.308. The highest BCUT2D eigenvalue weighted by Crippen LogP contribution is 2.35. The summed E-state index contributed by atoms with van der Waals surface area (Å²) in [7, 11) is 1.68. The Kier molecular flexibility index (Phi) is 6.47. The molecule has 1 fully saturated rings. The van der Waals surface area contributed by atoms with Crippen molar-refractivity contribution in [1.82, 2.24) is 0 Å². The molecule has 0 bridgehead atoms. The standard InChI is InChI=1S/C14H20BrNO.ClH/c1-17-13-8-7-11(9-12(13)15)14(16)10-5-3-2-4-6-10;/h7-10,14H,2-6,16H2,1H3;1H/t14-;/m1./s1. The van der Waals surface area contributed by atoms with Crippen molar-refractivity contribution in [3.63, 3.8) is 0 Å². The molecule has 1 atom stereocenters. The third-order valence-corrected chi connectivity index (χ3v) is 4.34. The third-order valence-electron chi connectivity index (χ3n) is 3.72. The largest absolute Gasteiger partial charge is 0.496 e. The van der Waals surface area contributed by atoms with E-state index in [4.69, 9.17) is 10.5 Å². The van der Waals surface area contributed by atoms with Crippen molar-refractivity contribution in [3.8, 4) is 5.75 Å². The van der Waals surface area contributed by atoms with E-state index in [1.165, 1.54) is 37.7 Å². The summed E-state index contributed by atoms with van der Waals surface area (Å²) in [5.41, 5.74) is 7.58. The summed E-state index contributed by atoms with van der Waals surface area (Å²) in [6.45, 7) is 0. The maximum Gasteiger partial charge on any atom is 0.133 e. The van der Waals surface area contributed by atoms with Crippen LogP contribution in [0.2, 0.25) is 0 Å². The average Bonchev–Trinajstić information content (AvgIpc) is 2.39. The number of halogens is 2. The summed E-state index contributed by atoms with van der Waals surface area (Å²) in [5, 5.41) is 0. The molecule has 1 aliphatic rings. The van der Waals surface area contributed by atoms with E-state index in [0.717, 1.165) is 10.2 Å². The third kappa shape index (κ3) is 3.62. The highest BCUT2D eigenvalue weighted by molar-refractivity contribution is 9.10. The molecule has 2 nitrogen and oxygen atoms in total. The van der Waals surface area contributed by atoms with Crippen LogP contribution in [0, 0.1) is 5.92 Å². The molecular weight excluding hydrogens is 314 g/mol. The van der Waals surface area contributed by atoms with Crippen molar-refractivity contribution < 1.29 is 4.74 Å². The molecule has 4 heteroatoms. The second kappa shape index (κ2) is 7.37. The molecule has 0 saturated heterocycles. The molecule has 1 aliphatic carbocycles. The summed E-state index contributed by atoms with van der Waals surface area (Å²) in [5.74, 6) is 1.51. The van der Waals surface area contributed by atoms with Crippen LogP contribution in [-0.2, 0) is 0 Å². The van der Waals surface area contributed by atoms with Crippen molar-refractivity contribution in [3.05, 3.63) is 28.2 Å². The summed E-state index contributed by atoms with van der Waals surface area (Å²) in [6.07, 6.45) is 6.57. The Bertz CT molecular complexity index is 380. The van der Waals surface area contributed by atoms with Crippen LogP contribution in [-0.4, -0.2) is 7.11 Å². The van der Waals surface area contributed by atoms with Crippen LogP contribution in [0.15, 0.2) is 22.7 Å². The van der Waals surface area contributed by atoms with Crippen molar-refractivity contribution in [2.24, 2.45) is 11.7 Å². The molecule has 0 amide bonds. The van der Waals surface area contributed by atoms with Crippen LogP contribution in [0.5, 0.6) is 5.75 Å². The van der Waals surface area contributed by atoms with Crippen molar-refractivity contribution >= 4 is 28.3 Å². The van der Waals surface area contributed by atoms with E-state index < -0.39 is 0 Å². The van der Waals surface area contributed by atoms with Crippen molar-refractivity contribution in [2.75, 3.05) is 7.11 Å². The number of nitrogens with two attached hydrogens (primary N) is 1. The van der Waals surface area contributed by atoms with Gasteiger partial charge < -0.3 is 10.5 Å². The van der Waals surface area contributed by atoms with Gasteiger partial charge in [-0.2, -0.15) is 0 Å². The molecule has 1 saturated carbocycles. The van der Waals surface area contributed by atoms with Gasteiger partial charge in [-0.25, -0.2) is 0 Å². The van der Waals surface area contributed by atoms with E-state index in [2.05, 4.69) is 28.1 Å². The zero-order valence-electron chi connectivity index (χ0n) is 10.7. The Labute approximate surface area is 124 Å². The van der Waals surface area contributed by atoms with Gasteiger partial charge in [-0.1, -0.05) is 25.3 Å². The van der Waals surface area contributed by atoms with Crippen molar-refractivity contribution in [2.45, 2.75) is 38.1 Å². The Morgan fingerprint density at radius 1 is 1.28 bits per heavy atom. The summed E-state index contributed by atoms with van der Waals surface area (Å²) < 4.78 is 6.23. The predicted octanol–water partition coefficient (Wildman–Crippen LogP) is 4.46.